The third-order valence-corrected chi connectivity index (χ3v) is 5.81. The lowest BCUT2D eigenvalue weighted by molar-refractivity contribution is -0.127. The minimum absolute atomic E-state index is 0. The van der Waals surface area contributed by atoms with Crippen LogP contribution in [0.25, 0.3) is 0 Å². The highest BCUT2D eigenvalue weighted by atomic mass is 127. The van der Waals surface area contributed by atoms with Crippen molar-refractivity contribution in [3.8, 4) is 0 Å². The summed E-state index contributed by atoms with van der Waals surface area (Å²) in [6.45, 7) is 10.5. The van der Waals surface area contributed by atoms with E-state index in [1.807, 2.05) is 0 Å². The Kier molecular flexibility index (Phi) is 13.1. The van der Waals surface area contributed by atoms with Crippen LogP contribution in [-0.2, 0) is 9.53 Å². The van der Waals surface area contributed by atoms with E-state index in [-0.39, 0.29) is 36.4 Å². The Morgan fingerprint density at radius 2 is 1.86 bits per heavy atom. The Morgan fingerprint density at radius 1 is 1.17 bits per heavy atom. The van der Waals surface area contributed by atoms with Gasteiger partial charge in [0.05, 0.1) is 6.61 Å². The molecule has 0 saturated carbocycles. The number of rotatable bonds is 8. The van der Waals surface area contributed by atoms with Crippen LogP contribution in [0.15, 0.2) is 4.99 Å². The first-order valence-corrected chi connectivity index (χ1v) is 11.0. The van der Waals surface area contributed by atoms with Gasteiger partial charge in [0.25, 0.3) is 0 Å². The molecule has 0 aromatic rings. The number of nitrogens with zero attached hydrogens (tertiary/aromatic N) is 3. The van der Waals surface area contributed by atoms with Crippen molar-refractivity contribution >= 4 is 35.8 Å². The summed E-state index contributed by atoms with van der Waals surface area (Å²) in [5.41, 5.74) is 0. The van der Waals surface area contributed by atoms with Gasteiger partial charge in [0.15, 0.2) is 5.96 Å². The molecule has 0 aliphatic carbocycles. The molecule has 29 heavy (non-hydrogen) atoms. The fourth-order valence-corrected chi connectivity index (χ4v) is 3.86. The summed E-state index contributed by atoms with van der Waals surface area (Å²) in [5, 5.41) is 6.96. The second-order valence-electron chi connectivity index (χ2n) is 8.71. The smallest absolute Gasteiger partial charge is 0.243 e. The molecular formula is C21H42IN5O2. The minimum Gasteiger partial charge on any atom is -0.381 e. The van der Waals surface area contributed by atoms with E-state index in [1.165, 1.54) is 38.8 Å². The van der Waals surface area contributed by atoms with Crippen LogP contribution in [0.3, 0.4) is 0 Å². The summed E-state index contributed by atoms with van der Waals surface area (Å²) in [5.74, 6) is 1.84. The average molecular weight is 524 g/mol. The summed E-state index contributed by atoms with van der Waals surface area (Å²) in [6, 6.07) is 0.476. The second kappa shape index (κ2) is 14.4. The minimum atomic E-state index is 0. The molecule has 2 saturated heterocycles. The molecule has 1 amide bonds. The molecule has 2 unspecified atom stereocenters. The molecule has 2 aliphatic rings. The summed E-state index contributed by atoms with van der Waals surface area (Å²) in [6.07, 6.45) is 6.36. The van der Waals surface area contributed by atoms with Crippen molar-refractivity contribution in [2.75, 3.05) is 60.0 Å². The van der Waals surface area contributed by atoms with Crippen molar-refractivity contribution in [2.45, 2.75) is 52.0 Å². The van der Waals surface area contributed by atoms with Gasteiger partial charge in [-0.2, -0.15) is 0 Å². The van der Waals surface area contributed by atoms with Crippen LogP contribution in [0.2, 0.25) is 0 Å². The van der Waals surface area contributed by atoms with Crippen LogP contribution in [0.5, 0.6) is 0 Å². The van der Waals surface area contributed by atoms with Crippen LogP contribution in [0.1, 0.15) is 46.0 Å². The summed E-state index contributed by atoms with van der Waals surface area (Å²) >= 11 is 0. The molecule has 2 rings (SSSR count). The maximum absolute atomic E-state index is 12.0. The van der Waals surface area contributed by atoms with Crippen LogP contribution < -0.4 is 10.6 Å². The molecule has 2 heterocycles. The van der Waals surface area contributed by atoms with Gasteiger partial charge in [-0.05, 0) is 38.3 Å². The fourth-order valence-electron chi connectivity index (χ4n) is 3.86. The highest BCUT2D eigenvalue weighted by molar-refractivity contribution is 14.0. The molecule has 2 fully saturated rings. The lowest BCUT2D eigenvalue weighted by atomic mass is 10.0. The Morgan fingerprint density at radius 3 is 2.41 bits per heavy atom. The topological polar surface area (TPSA) is 69.2 Å². The Balaban J connectivity index is 0.00000420. The van der Waals surface area contributed by atoms with Crippen molar-refractivity contribution in [3.63, 3.8) is 0 Å². The third kappa shape index (κ3) is 9.83. The molecule has 2 atom stereocenters. The molecule has 2 N–H and O–H groups in total. The molecule has 0 bridgehead atoms. The number of nitrogens with one attached hydrogen (secondary N) is 2. The first kappa shape index (κ1) is 26.4. The second-order valence-corrected chi connectivity index (χ2v) is 8.71. The van der Waals surface area contributed by atoms with Gasteiger partial charge in [-0.1, -0.05) is 26.7 Å². The molecule has 2 aliphatic heterocycles. The normalized spacial score (nSPS) is 22.0. The van der Waals surface area contributed by atoms with Crippen molar-refractivity contribution in [1.82, 2.24) is 20.4 Å². The van der Waals surface area contributed by atoms with Gasteiger partial charge in [-0.25, -0.2) is 4.99 Å². The number of ether oxygens (including phenoxy) is 1. The zero-order valence-corrected chi connectivity index (χ0v) is 21.1. The Hall–Kier alpha value is -0.610. The van der Waals surface area contributed by atoms with Gasteiger partial charge in [0, 0.05) is 45.8 Å². The van der Waals surface area contributed by atoms with Gasteiger partial charge >= 0.3 is 0 Å². The Bertz CT molecular complexity index is 487. The van der Waals surface area contributed by atoms with Crippen molar-refractivity contribution < 1.29 is 9.53 Å². The summed E-state index contributed by atoms with van der Waals surface area (Å²) < 4.78 is 5.47. The number of carbonyl (C=O) groups excluding carboxylic acids is 1. The van der Waals surface area contributed by atoms with E-state index in [9.17, 15) is 4.79 Å². The standard InChI is InChI=1S/C21H41N5O2.HI/c1-17(2)19(26-10-7-5-6-8-11-26)14-23-21(24-15-20(27)25(3)4)22-13-18-9-12-28-16-18;/h17-19H,5-16H2,1-4H3,(H2,22,23,24);1H. The molecule has 0 spiro atoms. The van der Waals surface area contributed by atoms with E-state index >= 15 is 0 Å². The van der Waals surface area contributed by atoms with Gasteiger partial charge in [0.2, 0.25) is 5.91 Å². The Labute approximate surface area is 194 Å². The highest BCUT2D eigenvalue weighted by Gasteiger charge is 2.23. The monoisotopic (exact) mass is 523 g/mol. The lowest BCUT2D eigenvalue weighted by Gasteiger charge is -2.34. The van der Waals surface area contributed by atoms with Crippen LogP contribution in [0, 0.1) is 11.8 Å². The van der Waals surface area contributed by atoms with Crippen LogP contribution >= 0.6 is 24.0 Å². The number of aliphatic imine (C=N–C) groups is 1. The first-order valence-electron chi connectivity index (χ1n) is 11.0. The third-order valence-electron chi connectivity index (χ3n) is 5.81. The number of hydrogen-bond acceptors (Lipinski definition) is 4. The SMILES string of the molecule is CC(C)C(CNC(=NCC(=O)N(C)C)NCC1CCOC1)N1CCCCCC1.I. The molecule has 0 radical (unpaired) electrons. The van der Waals surface area contributed by atoms with E-state index in [1.54, 1.807) is 19.0 Å². The van der Waals surface area contributed by atoms with Gasteiger partial charge in [-0.15, -0.1) is 24.0 Å². The number of halogens is 1. The quantitative estimate of drug-likeness (QED) is 0.290. The lowest BCUT2D eigenvalue weighted by Crippen LogP contribution is -2.50. The molecule has 170 valence electrons. The number of hydrogen-bond donors (Lipinski definition) is 2. The maximum Gasteiger partial charge on any atom is 0.243 e. The molecule has 0 aromatic carbocycles. The zero-order valence-electron chi connectivity index (χ0n) is 18.8. The van der Waals surface area contributed by atoms with E-state index in [0.717, 1.165) is 38.7 Å². The van der Waals surface area contributed by atoms with Gasteiger partial charge < -0.3 is 20.3 Å². The van der Waals surface area contributed by atoms with Gasteiger partial charge in [-0.3, -0.25) is 9.69 Å². The van der Waals surface area contributed by atoms with E-state index in [2.05, 4.69) is 34.4 Å². The predicted molar refractivity (Wildman–Crippen MR) is 130 cm³/mol. The zero-order chi connectivity index (χ0) is 20.4. The number of carbonyl (C=O) groups is 1. The van der Waals surface area contributed by atoms with E-state index in [0.29, 0.717) is 17.9 Å². The van der Waals surface area contributed by atoms with E-state index in [4.69, 9.17) is 4.74 Å². The van der Waals surface area contributed by atoms with E-state index < -0.39 is 0 Å². The maximum atomic E-state index is 12.0. The van der Waals surface area contributed by atoms with Crippen LogP contribution in [0.4, 0.5) is 0 Å². The number of likely N-dealkylation sites (tertiary alicyclic amines) is 1. The molecule has 8 heteroatoms. The number of amides is 1. The first-order chi connectivity index (χ1) is 13.5. The van der Waals surface area contributed by atoms with Crippen molar-refractivity contribution in [1.29, 1.82) is 0 Å². The molecule has 7 nitrogen and oxygen atoms in total. The van der Waals surface area contributed by atoms with Crippen molar-refractivity contribution in [3.05, 3.63) is 0 Å². The average Bonchev–Trinajstić information content (AvgIpc) is 3.04. The number of likely N-dealkylation sites (N-methyl/N-ethyl adjacent to an activating group) is 1. The number of guanidine groups is 1. The summed E-state index contributed by atoms with van der Waals surface area (Å²) in [7, 11) is 3.53. The van der Waals surface area contributed by atoms with Crippen LogP contribution in [-0.4, -0.2) is 87.7 Å². The fraction of sp³-hybridized carbons (Fsp3) is 0.905. The molecular weight excluding hydrogens is 481 g/mol. The summed E-state index contributed by atoms with van der Waals surface area (Å²) in [4.78, 5) is 20.7. The highest BCUT2D eigenvalue weighted by Crippen LogP contribution is 2.17. The van der Waals surface area contributed by atoms with Gasteiger partial charge in [0.1, 0.15) is 6.54 Å². The predicted octanol–water partition coefficient (Wildman–Crippen LogP) is 2.16. The molecule has 0 aromatic heterocycles. The van der Waals surface area contributed by atoms with Crippen molar-refractivity contribution in [2.24, 2.45) is 16.8 Å². The largest absolute Gasteiger partial charge is 0.381 e.